The minimum absolute atomic E-state index is 0.122. The Hall–Kier alpha value is -0.350. The molecule has 0 saturated heterocycles. The third-order valence-electron chi connectivity index (χ3n) is 2.71. The fourth-order valence-corrected chi connectivity index (χ4v) is 1.07. The van der Waals surface area contributed by atoms with Gasteiger partial charge in [0, 0.05) is 18.6 Å². The van der Waals surface area contributed by atoms with Crippen LogP contribution < -0.4 is 10.6 Å². The molecule has 0 aliphatic carbocycles. The molecule has 4 heteroatoms. The van der Waals surface area contributed by atoms with Gasteiger partial charge in [-0.25, -0.2) is 0 Å². The molecule has 2 N–H and O–H groups in total. The van der Waals surface area contributed by atoms with Crippen molar-refractivity contribution in [3.05, 3.63) is 0 Å². The van der Waals surface area contributed by atoms with E-state index in [1.807, 2.05) is 0 Å². The Morgan fingerprint density at radius 1 is 1.27 bits per heavy atom. The minimum Gasteiger partial charge on any atom is -0.363 e. The van der Waals surface area contributed by atoms with Crippen molar-refractivity contribution in [2.75, 3.05) is 27.2 Å². The third-order valence-corrected chi connectivity index (χ3v) is 3.00. The smallest absolute Gasteiger partial charge is 0.166 e. The number of rotatable bonds is 6. The highest BCUT2D eigenvalue weighted by Gasteiger charge is 2.19. The van der Waals surface area contributed by atoms with Crippen molar-refractivity contribution in [1.29, 1.82) is 0 Å². The third kappa shape index (κ3) is 6.68. The summed E-state index contributed by atoms with van der Waals surface area (Å²) in [5.41, 5.74) is 0.122. The number of hydrogen-bond donors (Lipinski definition) is 2. The topological polar surface area (TPSA) is 27.3 Å². The Labute approximate surface area is 99.6 Å². The Kier molecular flexibility index (Phi) is 6.85. The van der Waals surface area contributed by atoms with Crippen LogP contribution in [-0.4, -0.2) is 42.7 Å². The van der Waals surface area contributed by atoms with E-state index in [1.54, 1.807) is 0 Å². The molecule has 0 radical (unpaired) electrons. The maximum atomic E-state index is 5.18. The van der Waals surface area contributed by atoms with Gasteiger partial charge in [0.25, 0.3) is 0 Å². The summed E-state index contributed by atoms with van der Waals surface area (Å²) in [4.78, 5) is 2.19. The van der Waals surface area contributed by atoms with Crippen LogP contribution in [0.4, 0.5) is 0 Å². The first kappa shape index (κ1) is 14.6. The molecular formula is C11H25N3S. The van der Waals surface area contributed by atoms with Gasteiger partial charge in [0.1, 0.15) is 0 Å². The number of thiocarbonyl (C=S) groups is 1. The normalized spacial score (nSPS) is 11.6. The monoisotopic (exact) mass is 231 g/mol. The van der Waals surface area contributed by atoms with E-state index < -0.39 is 0 Å². The molecule has 3 nitrogen and oxygen atoms in total. The molecule has 0 aliphatic heterocycles. The van der Waals surface area contributed by atoms with E-state index in [-0.39, 0.29) is 5.54 Å². The van der Waals surface area contributed by atoms with Crippen LogP contribution >= 0.6 is 12.2 Å². The molecule has 0 atom stereocenters. The zero-order valence-electron chi connectivity index (χ0n) is 10.7. The molecule has 0 unspecified atom stereocenters. The number of unbranched alkanes of at least 4 members (excludes halogenated alkanes) is 1. The van der Waals surface area contributed by atoms with Crippen molar-refractivity contribution >= 4 is 17.3 Å². The molecule has 0 heterocycles. The van der Waals surface area contributed by atoms with E-state index in [4.69, 9.17) is 12.2 Å². The van der Waals surface area contributed by atoms with Crippen molar-refractivity contribution in [3.8, 4) is 0 Å². The number of likely N-dealkylation sites (N-methyl/N-ethyl adjacent to an activating group) is 1. The lowest BCUT2D eigenvalue weighted by Gasteiger charge is -2.33. The van der Waals surface area contributed by atoms with E-state index in [0.717, 1.165) is 18.2 Å². The van der Waals surface area contributed by atoms with Crippen molar-refractivity contribution in [1.82, 2.24) is 15.5 Å². The lowest BCUT2D eigenvalue weighted by molar-refractivity contribution is 0.198. The van der Waals surface area contributed by atoms with Gasteiger partial charge in [0.05, 0.1) is 0 Å². The first-order valence-corrected chi connectivity index (χ1v) is 6.00. The van der Waals surface area contributed by atoms with Crippen LogP contribution in [0.15, 0.2) is 0 Å². The van der Waals surface area contributed by atoms with Gasteiger partial charge in [0.15, 0.2) is 5.11 Å². The zero-order chi connectivity index (χ0) is 11.9. The summed E-state index contributed by atoms with van der Waals surface area (Å²) in [7, 11) is 4.16. The Morgan fingerprint density at radius 3 is 2.33 bits per heavy atom. The van der Waals surface area contributed by atoms with Gasteiger partial charge in [-0.05, 0) is 46.6 Å². The summed E-state index contributed by atoms with van der Waals surface area (Å²) >= 11 is 5.18. The van der Waals surface area contributed by atoms with E-state index in [9.17, 15) is 0 Å². The number of nitrogens with zero attached hydrogens (tertiary/aromatic N) is 1. The van der Waals surface area contributed by atoms with Crippen LogP contribution in [0.5, 0.6) is 0 Å². The van der Waals surface area contributed by atoms with Gasteiger partial charge in [0.2, 0.25) is 0 Å². The van der Waals surface area contributed by atoms with Gasteiger partial charge < -0.3 is 15.5 Å². The summed E-state index contributed by atoms with van der Waals surface area (Å²) in [6, 6.07) is 0. The Bertz CT molecular complexity index is 190. The summed E-state index contributed by atoms with van der Waals surface area (Å²) in [5, 5.41) is 7.20. The second-order valence-corrected chi connectivity index (χ2v) is 5.08. The Balaban J connectivity index is 3.71. The van der Waals surface area contributed by atoms with Crippen LogP contribution in [0, 0.1) is 0 Å². The fourth-order valence-electron chi connectivity index (χ4n) is 0.896. The second-order valence-electron chi connectivity index (χ2n) is 4.67. The van der Waals surface area contributed by atoms with Crippen molar-refractivity contribution in [3.63, 3.8) is 0 Å². The van der Waals surface area contributed by atoms with E-state index in [1.165, 1.54) is 12.8 Å². The molecule has 0 aromatic carbocycles. The van der Waals surface area contributed by atoms with Crippen molar-refractivity contribution in [2.45, 2.75) is 39.2 Å². The van der Waals surface area contributed by atoms with Crippen molar-refractivity contribution < 1.29 is 0 Å². The Morgan fingerprint density at radius 2 is 1.87 bits per heavy atom. The molecule has 0 spiro atoms. The van der Waals surface area contributed by atoms with Crippen LogP contribution in [0.1, 0.15) is 33.6 Å². The summed E-state index contributed by atoms with van der Waals surface area (Å²) in [5.74, 6) is 0. The summed E-state index contributed by atoms with van der Waals surface area (Å²) in [6.07, 6.45) is 2.36. The largest absolute Gasteiger partial charge is 0.363 e. The van der Waals surface area contributed by atoms with Crippen LogP contribution in [0.2, 0.25) is 0 Å². The van der Waals surface area contributed by atoms with Gasteiger partial charge in [-0.15, -0.1) is 0 Å². The molecule has 0 aromatic rings. The highest BCUT2D eigenvalue weighted by Crippen LogP contribution is 2.07. The summed E-state index contributed by atoms with van der Waals surface area (Å²) in [6.45, 7) is 8.37. The molecule has 0 fully saturated rings. The van der Waals surface area contributed by atoms with Crippen LogP contribution in [-0.2, 0) is 0 Å². The van der Waals surface area contributed by atoms with Gasteiger partial charge in [-0.3, -0.25) is 0 Å². The van der Waals surface area contributed by atoms with Gasteiger partial charge in [-0.1, -0.05) is 13.3 Å². The van der Waals surface area contributed by atoms with Crippen LogP contribution in [0.25, 0.3) is 0 Å². The van der Waals surface area contributed by atoms with E-state index >= 15 is 0 Å². The highest BCUT2D eigenvalue weighted by molar-refractivity contribution is 7.80. The molecule has 0 aromatic heterocycles. The van der Waals surface area contributed by atoms with Crippen LogP contribution in [0.3, 0.4) is 0 Å². The quantitative estimate of drug-likeness (QED) is 0.536. The zero-order valence-corrected chi connectivity index (χ0v) is 11.5. The average Bonchev–Trinajstić information content (AvgIpc) is 2.15. The van der Waals surface area contributed by atoms with Gasteiger partial charge in [-0.2, -0.15) is 0 Å². The second kappa shape index (κ2) is 7.01. The molecule has 0 bridgehead atoms. The molecule has 90 valence electrons. The summed E-state index contributed by atoms with van der Waals surface area (Å²) < 4.78 is 0. The van der Waals surface area contributed by atoms with Gasteiger partial charge >= 0.3 is 0 Å². The van der Waals surface area contributed by atoms with E-state index in [2.05, 4.69) is 50.4 Å². The molecule has 0 saturated carbocycles. The predicted octanol–water partition coefficient (Wildman–Crippen LogP) is 1.59. The molecule has 0 aliphatic rings. The average molecular weight is 231 g/mol. The lowest BCUT2D eigenvalue weighted by Crippen LogP contribution is -2.50. The predicted molar refractivity (Wildman–Crippen MR) is 71.3 cm³/mol. The molecule has 15 heavy (non-hydrogen) atoms. The first-order chi connectivity index (χ1) is 6.90. The molecular weight excluding hydrogens is 206 g/mol. The SMILES string of the molecule is CCCCNC(=S)NCC(C)(C)N(C)C. The molecule has 0 rings (SSSR count). The van der Waals surface area contributed by atoms with Crippen molar-refractivity contribution in [2.24, 2.45) is 0 Å². The number of nitrogens with one attached hydrogen (secondary N) is 2. The lowest BCUT2D eigenvalue weighted by atomic mass is 10.1. The standard InChI is InChI=1S/C11H25N3S/c1-6-7-8-12-10(15)13-9-11(2,3)14(4)5/h6-9H2,1-5H3,(H2,12,13,15). The maximum absolute atomic E-state index is 5.18. The van der Waals surface area contributed by atoms with E-state index in [0.29, 0.717) is 0 Å². The first-order valence-electron chi connectivity index (χ1n) is 5.59. The fraction of sp³-hybridized carbons (Fsp3) is 0.909. The molecule has 0 amide bonds. The minimum atomic E-state index is 0.122. The highest BCUT2D eigenvalue weighted by atomic mass is 32.1. The maximum Gasteiger partial charge on any atom is 0.166 e. The number of hydrogen-bond acceptors (Lipinski definition) is 2.